The van der Waals surface area contributed by atoms with Crippen LogP contribution >= 0.6 is 15.9 Å². The number of hydrogen-bond acceptors (Lipinski definition) is 7. The SMILES string of the molecule is CCn1cc(CNC(c2[nH]c(C)nc2Br)c2nnnn2C2CCC2)nn1. The van der Waals surface area contributed by atoms with E-state index >= 15 is 0 Å². The van der Waals surface area contributed by atoms with Gasteiger partial charge in [-0.1, -0.05) is 5.21 Å². The minimum atomic E-state index is -0.229. The van der Waals surface area contributed by atoms with Crippen LogP contribution in [0.2, 0.25) is 0 Å². The molecule has 1 atom stereocenters. The van der Waals surface area contributed by atoms with Crippen molar-refractivity contribution < 1.29 is 0 Å². The average molecular weight is 421 g/mol. The molecule has 0 aromatic carbocycles. The van der Waals surface area contributed by atoms with Crippen LogP contribution < -0.4 is 5.32 Å². The van der Waals surface area contributed by atoms with Crippen LogP contribution in [0.25, 0.3) is 0 Å². The Morgan fingerprint density at radius 2 is 2.19 bits per heavy atom. The number of nitrogens with one attached hydrogen (secondary N) is 2. The van der Waals surface area contributed by atoms with Gasteiger partial charge in [0.25, 0.3) is 0 Å². The predicted molar refractivity (Wildman–Crippen MR) is 96.1 cm³/mol. The van der Waals surface area contributed by atoms with Crippen molar-refractivity contribution >= 4 is 15.9 Å². The van der Waals surface area contributed by atoms with E-state index in [1.807, 2.05) is 24.7 Å². The number of halogens is 1. The average Bonchev–Trinajstić information content (AvgIpc) is 3.28. The predicted octanol–water partition coefficient (Wildman–Crippen LogP) is 1.68. The standard InChI is InChI=1S/C15H21BrN10/c1-3-25-8-10(20-23-25)7-17-13(12-14(16)19-9(2)18-12)15-21-22-24-26(15)11-5-4-6-11/h8,11,13,17H,3-7H2,1-2H3,(H,18,19). The molecular formula is C15H21BrN10. The highest BCUT2D eigenvalue weighted by atomic mass is 79.9. The van der Waals surface area contributed by atoms with E-state index in [4.69, 9.17) is 0 Å². The number of nitrogens with zero attached hydrogens (tertiary/aromatic N) is 8. The van der Waals surface area contributed by atoms with Crippen molar-refractivity contribution in [2.75, 3.05) is 0 Å². The first-order valence-electron chi connectivity index (χ1n) is 8.78. The van der Waals surface area contributed by atoms with Crippen LogP contribution in [0.4, 0.5) is 0 Å². The van der Waals surface area contributed by atoms with Gasteiger partial charge in [0.1, 0.15) is 16.5 Å². The second kappa shape index (κ2) is 7.23. The maximum atomic E-state index is 4.43. The van der Waals surface area contributed by atoms with Gasteiger partial charge in [-0.05, 0) is 59.5 Å². The summed E-state index contributed by atoms with van der Waals surface area (Å²) in [6.07, 6.45) is 5.37. The largest absolute Gasteiger partial charge is 0.343 e. The van der Waals surface area contributed by atoms with E-state index in [0.29, 0.717) is 12.6 Å². The van der Waals surface area contributed by atoms with Crippen LogP contribution in [-0.2, 0) is 13.1 Å². The van der Waals surface area contributed by atoms with E-state index in [1.165, 1.54) is 6.42 Å². The lowest BCUT2D eigenvalue weighted by Crippen LogP contribution is -2.29. The molecule has 3 aromatic heterocycles. The highest BCUT2D eigenvalue weighted by molar-refractivity contribution is 9.10. The molecule has 0 spiro atoms. The molecular weight excluding hydrogens is 400 g/mol. The molecule has 138 valence electrons. The van der Waals surface area contributed by atoms with Crippen LogP contribution in [0, 0.1) is 6.92 Å². The Bertz CT molecular complexity index is 877. The Morgan fingerprint density at radius 3 is 2.81 bits per heavy atom. The molecule has 1 aliphatic rings. The van der Waals surface area contributed by atoms with E-state index in [9.17, 15) is 0 Å². The minimum absolute atomic E-state index is 0.229. The molecule has 1 fully saturated rings. The fraction of sp³-hybridized carbons (Fsp3) is 0.600. The lowest BCUT2D eigenvalue weighted by Gasteiger charge is -2.27. The summed E-state index contributed by atoms with van der Waals surface area (Å²) >= 11 is 3.55. The van der Waals surface area contributed by atoms with Crippen molar-refractivity contribution in [2.45, 2.75) is 58.3 Å². The zero-order valence-electron chi connectivity index (χ0n) is 14.7. The van der Waals surface area contributed by atoms with E-state index in [-0.39, 0.29) is 6.04 Å². The summed E-state index contributed by atoms with van der Waals surface area (Å²) in [6.45, 7) is 5.30. The van der Waals surface area contributed by atoms with Crippen molar-refractivity contribution in [3.63, 3.8) is 0 Å². The Labute approximate surface area is 158 Å². The molecule has 0 amide bonds. The summed E-state index contributed by atoms with van der Waals surface area (Å²) in [5, 5.41) is 24.3. The summed E-state index contributed by atoms with van der Waals surface area (Å²) in [4.78, 5) is 7.75. The van der Waals surface area contributed by atoms with E-state index in [0.717, 1.165) is 47.0 Å². The Balaban J connectivity index is 1.63. The molecule has 10 nitrogen and oxygen atoms in total. The lowest BCUT2D eigenvalue weighted by atomic mass is 9.93. The molecule has 1 aliphatic carbocycles. The quantitative estimate of drug-likeness (QED) is 0.597. The second-order valence-corrected chi connectivity index (χ2v) is 7.22. The Morgan fingerprint density at radius 1 is 1.35 bits per heavy atom. The monoisotopic (exact) mass is 420 g/mol. The molecule has 0 bridgehead atoms. The van der Waals surface area contributed by atoms with Gasteiger partial charge in [0.15, 0.2) is 5.82 Å². The van der Waals surface area contributed by atoms with Gasteiger partial charge in [-0.2, -0.15) is 0 Å². The number of imidazole rings is 1. The number of hydrogen-bond donors (Lipinski definition) is 2. The summed E-state index contributed by atoms with van der Waals surface area (Å²) in [5.41, 5.74) is 1.77. The third kappa shape index (κ3) is 3.28. The van der Waals surface area contributed by atoms with Crippen LogP contribution in [0.5, 0.6) is 0 Å². The lowest BCUT2D eigenvalue weighted by molar-refractivity contribution is 0.271. The first-order valence-corrected chi connectivity index (χ1v) is 9.57. The second-order valence-electron chi connectivity index (χ2n) is 6.47. The van der Waals surface area contributed by atoms with E-state index in [1.54, 1.807) is 4.68 Å². The maximum Gasteiger partial charge on any atom is 0.174 e. The highest BCUT2D eigenvalue weighted by Gasteiger charge is 2.30. The number of rotatable bonds is 7. The first-order chi connectivity index (χ1) is 12.7. The number of tetrazole rings is 1. The molecule has 26 heavy (non-hydrogen) atoms. The fourth-order valence-corrected chi connectivity index (χ4v) is 3.65. The number of aromatic nitrogens is 9. The number of H-pyrrole nitrogens is 1. The zero-order valence-corrected chi connectivity index (χ0v) is 16.3. The van der Waals surface area contributed by atoms with Crippen molar-refractivity contribution in [2.24, 2.45) is 0 Å². The molecule has 1 unspecified atom stereocenters. The molecule has 0 radical (unpaired) electrons. The van der Waals surface area contributed by atoms with Crippen LogP contribution in [-0.4, -0.2) is 45.2 Å². The molecule has 4 rings (SSSR count). The third-order valence-electron chi connectivity index (χ3n) is 4.69. The van der Waals surface area contributed by atoms with Crippen LogP contribution in [0.1, 0.15) is 61.3 Å². The zero-order chi connectivity index (χ0) is 18.1. The molecule has 3 aromatic rings. The molecule has 11 heteroatoms. The molecule has 0 aliphatic heterocycles. The molecule has 0 saturated heterocycles. The summed E-state index contributed by atoms with van der Waals surface area (Å²) in [5.74, 6) is 1.61. The van der Waals surface area contributed by atoms with Crippen molar-refractivity contribution in [3.05, 3.63) is 33.8 Å². The van der Waals surface area contributed by atoms with Gasteiger partial charge in [-0.15, -0.1) is 10.2 Å². The third-order valence-corrected chi connectivity index (χ3v) is 5.29. The topological polar surface area (TPSA) is 115 Å². The molecule has 1 saturated carbocycles. The fourth-order valence-electron chi connectivity index (χ4n) is 3.06. The van der Waals surface area contributed by atoms with E-state index in [2.05, 4.69) is 57.1 Å². The van der Waals surface area contributed by atoms with Gasteiger partial charge in [-0.3, -0.25) is 10.00 Å². The van der Waals surface area contributed by atoms with Gasteiger partial charge in [-0.25, -0.2) is 9.67 Å². The van der Waals surface area contributed by atoms with Crippen molar-refractivity contribution in [1.29, 1.82) is 0 Å². The number of aryl methyl sites for hydroxylation is 2. The van der Waals surface area contributed by atoms with Gasteiger partial charge < -0.3 is 4.98 Å². The Hall–Kier alpha value is -2.14. The van der Waals surface area contributed by atoms with Crippen molar-refractivity contribution in [3.8, 4) is 0 Å². The summed E-state index contributed by atoms with van der Waals surface area (Å²) < 4.78 is 4.50. The van der Waals surface area contributed by atoms with Crippen molar-refractivity contribution in [1.82, 2.24) is 50.5 Å². The van der Waals surface area contributed by atoms with Gasteiger partial charge in [0, 0.05) is 19.3 Å². The molecule has 2 N–H and O–H groups in total. The van der Waals surface area contributed by atoms with E-state index < -0.39 is 0 Å². The summed E-state index contributed by atoms with van der Waals surface area (Å²) in [7, 11) is 0. The normalized spacial score (nSPS) is 16.0. The van der Waals surface area contributed by atoms with Crippen LogP contribution in [0.15, 0.2) is 10.8 Å². The smallest absolute Gasteiger partial charge is 0.174 e. The van der Waals surface area contributed by atoms with Gasteiger partial charge in [0.05, 0.1) is 17.4 Å². The number of aromatic amines is 1. The maximum absolute atomic E-state index is 4.43. The first kappa shape index (κ1) is 17.3. The Kier molecular flexibility index (Phi) is 4.81. The van der Waals surface area contributed by atoms with Gasteiger partial charge >= 0.3 is 0 Å². The minimum Gasteiger partial charge on any atom is -0.343 e. The van der Waals surface area contributed by atoms with Crippen LogP contribution in [0.3, 0.4) is 0 Å². The summed E-state index contributed by atoms with van der Waals surface area (Å²) in [6, 6.07) is 0.140. The molecule has 3 heterocycles. The van der Waals surface area contributed by atoms with Gasteiger partial charge in [0.2, 0.25) is 0 Å². The highest BCUT2D eigenvalue weighted by Crippen LogP contribution is 2.34.